The van der Waals surface area contributed by atoms with Gasteiger partial charge >= 0.3 is 0 Å². The molecule has 0 N–H and O–H groups in total. The number of aromatic nitrogens is 2. The topological polar surface area (TPSA) is 35.8 Å². The van der Waals surface area contributed by atoms with Gasteiger partial charge in [-0.3, -0.25) is 0 Å². The molecule has 21 heavy (non-hydrogen) atoms. The van der Waals surface area contributed by atoms with E-state index in [1.165, 1.54) is 0 Å². The Morgan fingerprint density at radius 3 is 2.76 bits per heavy atom. The van der Waals surface area contributed by atoms with E-state index in [-0.39, 0.29) is 6.79 Å². The predicted molar refractivity (Wildman–Crippen MR) is 85.6 cm³/mol. The van der Waals surface area contributed by atoms with Gasteiger partial charge in [-0.15, -0.1) is 0 Å². The lowest BCUT2D eigenvalue weighted by molar-refractivity contribution is 0.0506. The molecular formula is C16H15BrN2O2. The zero-order chi connectivity index (χ0) is 14.8. The molecule has 0 aliphatic rings. The molecule has 0 saturated carbocycles. The number of imidazole rings is 1. The highest BCUT2D eigenvalue weighted by molar-refractivity contribution is 9.10. The van der Waals surface area contributed by atoms with Crippen LogP contribution in [0.2, 0.25) is 0 Å². The zero-order valence-corrected chi connectivity index (χ0v) is 13.4. The number of rotatable bonds is 4. The third-order valence-corrected chi connectivity index (χ3v) is 3.82. The first kappa shape index (κ1) is 14.1. The van der Waals surface area contributed by atoms with Crippen LogP contribution in [0.15, 0.2) is 47.2 Å². The van der Waals surface area contributed by atoms with Crippen LogP contribution in [0, 0.1) is 6.92 Å². The SMILES string of the molecule is COCOc1cc(-c2ccc3nc(C)cn3c2)ccc1Br. The summed E-state index contributed by atoms with van der Waals surface area (Å²) in [5.41, 5.74) is 4.14. The van der Waals surface area contributed by atoms with Crippen LogP contribution >= 0.6 is 15.9 Å². The summed E-state index contributed by atoms with van der Waals surface area (Å²) in [7, 11) is 1.60. The maximum absolute atomic E-state index is 5.55. The Hall–Kier alpha value is -1.85. The number of benzene rings is 1. The highest BCUT2D eigenvalue weighted by Crippen LogP contribution is 2.31. The molecule has 1 aromatic carbocycles. The molecule has 0 radical (unpaired) electrons. The van der Waals surface area contributed by atoms with E-state index in [0.29, 0.717) is 0 Å². The minimum absolute atomic E-state index is 0.224. The van der Waals surface area contributed by atoms with Crippen molar-refractivity contribution in [3.63, 3.8) is 0 Å². The summed E-state index contributed by atoms with van der Waals surface area (Å²) in [6.07, 6.45) is 4.08. The van der Waals surface area contributed by atoms with Crippen molar-refractivity contribution < 1.29 is 9.47 Å². The van der Waals surface area contributed by atoms with Crippen molar-refractivity contribution in [2.24, 2.45) is 0 Å². The second kappa shape index (κ2) is 5.87. The fourth-order valence-electron chi connectivity index (χ4n) is 2.21. The van der Waals surface area contributed by atoms with Gasteiger partial charge in [0.05, 0.1) is 10.2 Å². The highest BCUT2D eigenvalue weighted by Gasteiger charge is 2.06. The molecule has 0 atom stereocenters. The quantitative estimate of drug-likeness (QED) is 0.668. The summed E-state index contributed by atoms with van der Waals surface area (Å²) in [5.74, 6) is 0.760. The van der Waals surface area contributed by atoms with Gasteiger partial charge in [0, 0.05) is 19.5 Å². The Morgan fingerprint density at radius 2 is 1.95 bits per heavy atom. The number of hydrogen-bond acceptors (Lipinski definition) is 3. The number of hydrogen-bond donors (Lipinski definition) is 0. The van der Waals surface area contributed by atoms with Crippen molar-refractivity contribution in [2.45, 2.75) is 6.92 Å². The first-order valence-electron chi connectivity index (χ1n) is 6.54. The van der Waals surface area contributed by atoms with Gasteiger partial charge < -0.3 is 13.9 Å². The average Bonchev–Trinajstić information content (AvgIpc) is 2.85. The smallest absolute Gasteiger partial charge is 0.188 e. The largest absolute Gasteiger partial charge is 0.466 e. The van der Waals surface area contributed by atoms with Crippen molar-refractivity contribution in [3.8, 4) is 16.9 Å². The first-order valence-corrected chi connectivity index (χ1v) is 7.33. The molecule has 3 aromatic rings. The molecule has 0 fully saturated rings. The second-order valence-electron chi connectivity index (χ2n) is 4.76. The van der Waals surface area contributed by atoms with Crippen molar-refractivity contribution >= 4 is 21.6 Å². The summed E-state index contributed by atoms with van der Waals surface area (Å²) >= 11 is 3.48. The van der Waals surface area contributed by atoms with E-state index < -0.39 is 0 Å². The Balaban J connectivity index is 2.00. The summed E-state index contributed by atoms with van der Waals surface area (Å²) < 4.78 is 13.4. The van der Waals surface area contributed by atoms with Crippen LogP contribution in [0.5, 0.6) is 5.75 Å². The molecule has 5 heteroatoms. The molecule has 3 rings (SSSR count). The molecule has 2 aromatic heterocycles. The summed E-state index contributed by atoms with van der Waals surface area (Å²) in [6, 6.07) is 10.1. The molecular weight excluding hydrogens is 332 g/mol. The van der Waals surface area contributed by atoms with E-state index >= 15 is 0 Å². The maximum Gasteiger partial charge on any atom is 0.188 e. The molecule has 0 spiro atoms. The van der Waals surface area contributed by atoms with Gasteiger partial charge in [0.15, 0.2) is 6.79 Å². The van der Waals surface area contributed by atoms with Crippen LogP contribution in [-0.2, 0) is 4.74 Å². The third kappa shape index (κ3) is 2.94. The highest BCUT2D eigenvalue weighted by atomic mass is 79.9. The molecule has 0 amide bonds. The van der Waals surface area contributed by atoms with Gasteiger partial charge in [-0.2, -0.15) is 0 Å². The molecule has 0 saturated heterocycles. The molecule has 0 bridgehead atoms. The van der Waals surface area contributed by atoms with Gasteiger partial charge in [-0.1, -0.05) is 6.07 Å². The summed E-state index contributed by atoms with van der Waals surface area (Å²) in [6.45, 7) is 2.21. The fraction of sp³-hybridized carbons (Fsp3) is 0.188. The Labute approximate surface area is 131 Å². The molecule has 0 aliphatic heterocycles. The summed E-state index contributed by atoms with van der Waals surface area (Å²) in [4.78, 5) is 4.43. The average molecular weight is 347 g/mol. The number of fused-ring (bicyclic) bond motifs is 1. The monoisotopic (exact) mass is 346 g/mol. The minimum atomic E-state index is 0.224. The van der Waals surface area contributed by atoms with Gasteiger partial charge in [0.25, 0.3) is 0 Å². The van der Waals surface area contributed by atoms with Crippen LogP contribution in [-0.4, -0.2) is 23.3 Å². The molecule has 2 heterocycles. The number of nitrogens with zero attached hydrogens (tertiary/aromatic N) is 2. The van der Waals surface area contributed by atoms with Crippen LogP contribution < -0.4 is 4.74 Å². The molecule has 4 nitrogen and oxygen atoms in total. The van der Waals surface area contributed by atoms with Crippen LogP contribution in [0.1, 0.15) is 5.69 Å². The minimum Gasteiger partial charge on any atom is -0.466 e. The normalized spacial score (nSPS) is 11.0. The van der Waals surface area contributed by atoms with E-state index in [9.17, 15) is 0 Å². The number of methoxy groups -OCH3 is 1. The van der Waals surface area contributed by atoms with Gasteiger partial charge in [-0.25, -0.2) is 4.98 Å². The van der Waals surface area contributed by atoms with Gasteiger partial charge in [0.2, 0.25) is 0 Å². The molecule has 108 valence electrons. The van der Waals surface area contributed by atoms with Crippen LogP contribution in [0.4, 0.5) is 0 Å². The number of aryl methyl sites for hydroxylation is 1. The van der Waals surface area contributed by atoms with E-state index in [4.69, 9.17) is 9.47 Å². The van der Waals surface area contributed by atoms with Crippen molar-refractivity contribution in [2.75, 3.05) is 13.9 Å². The predicted octanol–water partition coefficient (Wildman–Crippen LogP) is 4.05. The van der Waals surface area contributed by atoms with Crippen LogP contribution in [0.25, 0.3) is 16.8 Å². The first-order chi connectivity index (χ1) is 10.2. The molecule has 0 unspecified atom stereocenters. The van der Waals surface area contributed by atoms with E-state index in [1.807, 2.05) is 35.7 Å². The van der Waals surface area contributed by atoms with Crippen LogP contribution in [0.3, 0.4) is 0 Å². The van der Waals surface area contributed by atoms with E-state index in [2.05, 4.69) is 39.2 Å². The Morgan fingerprint density at radius 1 is 1.14 bits per heavy atom. The number of halogens is 1. The lowest BCUT2D eigenvalue weighted by Gasteiger charge is -2.09. The van der Waals surface area contributed by atoms with Crippen molar-refractivity contribution in [3.05, 3.63) is 52.9 Å². The standard InChI is InChI=1S/C16H15BrN2O2/c1-11-8-19-9-13(4-6-16(19)18-11)12-3-5-14(17)15(7-12)21-10-20-2/h3-9H,10H2,1-2H3. The third-order valence-electron chi connectivity index (χ3n) is 3.17. The Kier molecular flexibility index (Phi) is 3.94. The maximum atomic E-state index is 5.55. The summed E-state index contributed by atoms with van der Waals surface area (Å²) in [5, 5.41) is 0. The van der Waals surface area contributed by atoms with E-state index in [0.717, 1.165) is 32.7 Å². The second-order valence-corrected chi connectivity index (χ2v) is 5.62. The number of pyridine rings is 1. The zero-order valence-electron chi connectivity index (χ0n) is 11.8. The Bertz CT molecular complexity index is 783. The molecule has 0 aliphatic carbocycles. The lowest BCUT2D eigenvalue weighted by atomic mass is 10.1. The van der Waals surface area contributed by atoms with Gasteiger partial charge in [-0.05, 0) is 58.2 Å². The lowest BCUT2D eigenvalue weighted by Crippen LogP contribution is -1.99. The van der Waals surface area contributed by atoms with Crippen molar-refractivity contribution in [1.29, 1.82) is 0 Å². The number of ether oxygens (including phenoxy) is 2. The van der Waals surface area contributed by atoms with Crippen molar-refractivity contribution in [1.82, 2.24) is 9.38 Å². The van der Waals surface area contributed by atoms with Gasteiger partial charge in [0.1, 0.15) is 11.4 Å². The fourth-order valence-corrected chi connectivity index (χ4v) is 2.57. The van der Waals surface area contributed by atoms with E-state index in [1.54, 1.807) is 7.11 Å².